The molecule has 0 aliphatic rings. The van der Waals surface area contributed by atoms with Crippen LogP contribution in [0, 0.1) is 0 Å². The predicted octanol–water partition coefficient (Wildman–Crippen LogP) is 3.43. The van der Waals surface area contributed by atoms with E-state index in [-0.39, 0.29) is 5.97 Å². The van der Waals surface area contributed by atoms with Crippen molar-refractivity contribution in [1.29, 1.82) is 0 Å². The van der Waals surface area contributed by atoms with Gasteiger partial charge in [-0.05, 0) is 25.0 Å². The summed E-state index contributed by atoms with van der Waals surface area (Å²) in [7, 11) is 0. The molecule has 86 valence electrons. The summed E-state index contributed by atoms with van der Waals surface area (Å²) in [6, 6.07) is 9.76. The van der Waals surface area contributed by atoms with Gasteiger partial charge in [-0.3, -0.25) is 0 Å². The van der Waals surface area contributed by atoms with Crippen molar-refractivity contribution in [2.45, 2.75) is 26.7 Å². The van der Waals surface area contributed by atoms with E-state index in [1.165, 1.54) is 0 Å². The van der Waals surface area contributed by atoms with Gasteiger partial charge in [-0.15, -0.1) is 0 Å². The molecule has 1 rings (SSSR count). The van der Waals surface area contributed by atoms with Crippen molar-refractivity contribution >= 4 is 12.0 Å². The van der Waals surface area contributed by atoms with Crippen LogP contribution in [0.15, 0.2) is 35.9 Å². The Morgan fingerprint density at radius 1 is 1.31 bits per heavy atom. The zero-order chi connectivity index (χ0) is 11.8. The van der Waals surface area contributed by atoms with Crippen molar-refractivity contribution < 1.29 is 9.53 Å². The third kappa shape index (κ3) is 4.30. The van der Waals surface area contributed by atoms with Crippen LogP contribution in [0.25, 0.3) is 6.08 Å². The molecule has 0 N–H and O–H groups in total. The fourth-order valence-electron chi connectivity index (χ4n) is 1.28. The molecule has 16 heavy (non-hydrogen) atoms. The van der Waals surface area contributed by atoms with Crippen molar-refractivity contribution in [3.05, 3.63) is 41.5 Å². The summed E-state index contributed by atoms with van der Waals surface area (Å²) >= 11 is 0. The average molecular weight is 218 g/mol. The molecule has 2 nitrogen and oxygen atoms in total. The Bertz CT molecular complexity index is 352. The maximum atomic E-state index is 11.5. The fraction of sp³-hybridized carbons (Fsp3) is 0.357. The molecule has 0 fully saturated rings. The Hall–Kier alpha value is -1.57. The normalized spacial score (nSPS) is 11.2. The number of unbranched alkanes of at least 4 members (excludes halogenated alkanes) is 1. The molecule has 0 amide bonds. The Balaban J connectivity index is 2.53. The molecular weight excluding hydrogens is 200 g/mol. The van der Waals surface area contributed by atoms with Gasteiger partial charge in [0.2, 0.25) is 0 Å². The lowest BCUT2D eigenvalue weighted by molar-refractivity contribution is -0.138. The highest BCUT2D eigenvalue weighted by molar-refractivity contribution is 5.92. The number of carbonyl (C=O) groups is 1. The summed E-state index contributed by atoms with van der Waals surface area (Å²) in [5.74, 6) is -0.225. The van der Waals surface area contributed by atoms with Gasteiger partial charge in [0.05, 0.1) is 6.61 Å². The van der Waals surface area contributed by atoms with Gasteiger partial charge in [0.15, 0.2) is 0 Å². The molecule has 2 heteroatoms. The number of rotatable bonds is 5. The van der Waals surface area contributed by atoms with E-state index < -0.39 is 0 Å². The smallest absolute Gasteiger partial charge is 0.333 e. The number of ether oxygens (including phenoxy) is 1. The van der Waals surface area contributed by atoms with Crippen LogP contribution in [-0.4, -0.2) is 12.6 Å². The van der Waals surface area contributed by atoms with Gasteiger partial charge in [-0.2, -0.15) is 0 Å². The molecule has 0 saturated carbocycles. The summed E-state index contributed by atoms with van der Waals surface area (Å²) in [6.07, 6.45) is 3.80. The van der Waals surface area contributed by atoms with E-state index in [4.69, 9.17) is 4.74 Å². The summed E-state index contributed by atoms with van der Waals surface area (Å²) < 4.78 is 5.11. The largest absolute Gasteiger partial charge is 0.462 e. The van der Waals surface area contributed by atoms with Crippen molar-refractivity contribution in [3.8, 4) is 0 Å². The Kier molecular flexibility index (Phi) is 5.34. The molecule has 0 aromatic heterocycles. The van der Waals surface area contributed by atoms with Crippen LogP contribution in [-0.2, 0) is 9.53 Å². The van der Waals surface area contributed by atoms with E-state index in [1.807, 2.05) is 36.4 Å². The zero-order valence-corrected chi connectivity index (χ0v) is 9.90. The van der Waals surface area contributed by atoms with Gasteiger partial charge in [-0.1, -0.05) is 43.7 Å². The van der Waals surface area contributed by atoms with Gasteiger partial charge in [0.1, 0.15) is 0 Å². The van der Waals surface area contributed by atoms with Crippen molar-refractivity contribution in [3.63, 3.8) is 0 Å². The second-order valence-corrected chi connectivity index (χ2v) is 3.73. The van der Waals surface area contributed by atoms with Gasteiger partial charge in [0, 0.05) is 5.57 Å². The van der Waals surface area contributed by atoms with E-state index in [1.54, 1.807) is 6.92 Å². The van der Waals surface area contributed by atoms with E-state index in [2.05, 4.69) is 6.92 Å². The maximum absolute atomic E-state index is 11.5. The number of benzene rings is 1. The fourth-order valence-corrected chi connectivity index (χ4v) is 1.28. The standard InChI is InChI=1S/C14H18O2/c1-3-4-10-16-14(15)12(2)11-13-8-6-5-7-9-13/h5-9,11H,3-4,10H2,1-2H3. The molecule has 0 aliphatic carbocycles. The summed E-state index contributed by atoms with van der Waals surface area (Å²) in [5.41, 5.74) is 1.66. The number of hydrogen-bond acceptors (Lipinski definition) is 2. The molecule has 0 radical (unpaired) electrons. The molecule has 0 saturated heterocycles. The second kappa shape index (κ2) is 6.83. The van der Waals surface area contributed by atoms with E-state index in [0.29, 0.717) is 12.2 Å². The Morgan fingerprint density at radius 3 is 2.62 bits per heavy atom. The molecular formula is C14H18O2. The SMILES string of the molecule is CCCCOC(=O)C(C)=Cc1ccccc1. The first-order valence-corrected chi connectivity index (χ1v) is 5.64. The minimum absolute atomic E-state index is 0.225. The van der Waals surface area contributed by atoms with Gasteiger partial charge in [0.25, 0.3) is 0 Å². The first kappa shape index (κ1) is 12.5. The quantitative estimate of drug-likeness (QED) is 0.430. The second-order valence-electron chi connectivity index (χ2n) is 3.73. The molecule has 1 aromatic carbocycles. The highest BCUT2D eigenvalue weighted by Crippen LogP contribution is 2.07. The molecule has 0 aliphatic heterocycles. The molecule has 0 atom stereocenters. The topological polar surface area (TPSA) is 26.3 Å². The van der Waals surface area contributed by atoms with Crippen LogP contribution in [0.3, 0.4) is 0 Å². The number of hydrogen-bond donors (Lipinski definition) is 0. The summed E-state index contributed by atoms with van der Waals surface area (Å²) in [6.45, 7) is 4.36. The average Bonchev–Trinajstić information content (AvgIpc) is 2.30. The predicted molar refractivity (Wildman–Crippen MR) is 66.0 cm³/mol. The van der Waals surface area contributed by atoms with E-state index in [9.17, 15) is 4.79 Å². The van der Waals surface area contributed by atoms with Gasteiger partial charge in [-0.25, -0.2) is 4.79 Å². The summed E-state index contributed by atoms with van der Waals surface area (Å²) in [5, 5.41) is 0. The molecule has 0 spiro atoms. The van der Waals surface area contributed by atoms with Gasteiger partial charge < -0.3 is 4.74 Å². The van der Waals surface area contributed by atoms with Crippen LogP contribution in [0.2, 0.25) is 0 Å². The number of carbonyl (C=O) groups excluding carboxylic acids is 1. The minimum Gasteiger partial charge on any atom is -0.462 e. The lowest BCUT2D eigenvalue weighted by atomic mass is 10.1. The zero-order valence-electron chi connectivity index (χ0n) is 9.90. The Labute approximate surface area is 96.9 Å². The van der Waals surface area contributed by atoms with Crippen LogP contribution in [0.1, 0.15) is 32.3 Å². The molecule has 0 bridgehead atoms. The monoisotopic (exact) mass is 218 g/mol. The van der Waals surface area contributed by atoms with Crippen molar-refractivity contribution in [1.82, 2.24) is 0 Å². The maximum Gasteiger partial charge on any atom is 0.333 e. The highest BCUT2D eigenvalue weighted by atomic mass is 16.5. The van der Waals surface area contributed by atoms with E-state index in [0.717, 1.165) is 18.4 Å². The van der Waals surface area contributed by atoms with Crippen LogP contribution in [0.5, 0.6) is 0 Å². The summed E-state index contributed by atoms with van der Waals surface area (Å²) in [4.78, 5) is 11.5. The number of esters is 1. The van der Waals surface area contributed by atoms with Gasteiger partial charge >= 0.3 is 5.97 Å². The lowest BCUT2D eigenvalue weighted by Crippen LogP contribution is -2.06. The minimum atomic E-state index is -0.225. The van der Waals surface area contributed by atoms with Crippen molar-refractivity contribution in [2.75, 3.05) is 6.61 Å². The first-order chi connectivity index (χ1) is 7.74. The molecule has 0 unspecified atom stereocenters. The van der Waals surface area contributed by atoms with Crippen LogP contribution in [0.4, 0.5) is 0 Å². The van der Waals surface area contributed by atoms with Crippen molar-refractivity contribution in [2.24, 2.45) is 0 Å². The third-order valence-corrected chi connectivity index (χ3v) is 2.24. The first-order valence-electron chi connectivity index (χ1n) is 5.64. The van der Waals surface area contributed by atoms with E-state index >= 15 is 0 Å². The Morgan fingerprint density at radius 2 is 2.00 bits per heavy atom. The third-order valence-electron chi connectivity index (χ3n) is 2.24. The van der Waals surface area contributed by atoms with Crippen LogP contribution < -0.4 is 0 Å². The lowest BCUT2D eigenvalue weighted by Gasteiger charge is -2.03. The van der Waals surface area contributed by atoms with Crippen LogP contribution >= 0.6 is 0 Å². The highest BCUT2D eigenvalue weighted by Gasteiger charge is 2.04. The molecule has 1 aromatic rings. The molecule has 0 heterocycles.